The lowest BCUT2D eigenvalue weighted by molar-refractivity contribution is -0.130. The summed E-state index contributed by atoms with van der Waals surface area (Å²) in [5.41, 5.74) is 8.86. The van der Waals surface area contributed by atoms with Gasteiger partial charge in [0.15, 0.2) is 5.78 Å². The number of amides is 1. The standard InChI is InChI=1S/C26H28N2O2/c1-17-13-18(2)15-21(14-17)25(30)28-12-11-22(27)16-26(28,19(3)29)24-10-6-8-20-7-4-5-9-23(20)24/h4-10,13-15,22H,11-12,16,27H2,1-3H3. The van der Waals surface area contributed by atoms with Gasteiger partial charge in [0.25, 0.3) is 5.91 Å². The average molecular weight is 401 g/mol. The number of ketones is 1. The zero-order chi connectivity index (χ0) is 21.5. The van der Waals surface area contributed by atoms with Crippen LogP contribution in [0, 0.1) is 13.8 Å². The Kier molecular flexibility index (Phi) is 5.20. The van der Waals surface area contributed by atoms with Crippen LogP contribution in [-0.2, 0) is 10.3 Å². The molecule has 1 amide bonds. The van der Waals surface area contributed by atoms with Crippen molar-refractivity contribution in [2.75, 3.05) is 6.54 Å². The summed E-state index contributed by atoms with van der Waals surface area (Å²) in [5.74, 6) is -0.163. The third-order valence-electron chi connectivity index (χ3n) is 6.27. The van der Waals surface area contributed by atoms with Gasteiger partial charge < -0.3 is 10.6 Å². The van der Waals surface area contributed by atoms with E-state index in [0.717, 1.165) is 27.5 Å². The Morgan fingerprint density at radius 3 is 2.37 bits per heavy atom. The first-order valence-corrected chi connectivity index (χ1v) is 10.5. The number of carbonyl (C=O) groups is 2. The van der Waals surface area contributed by atoms with E-state index in [1.165, 1.54) is 0 Å². The maximum Gasteiger partial charge on any atom is 0.254 e. The van der Waals surface area contributed by atoms with Crippen LogP contribution in [0.25, 0.3) is 10.8 Å². The summed E-state index contributed by atoms with van der Waals surface area (Å²) in [6.45, 7) is 6.01. The monoisotopic (exact) mass is 400 g/mol. The summed E-state index contributed by atoms with van der Waals surface area (Å²) in [6, 6.07) is 19.7. The van der Waals surface area contributed by atoms with Crippen LogP contribution in [0.3, 0.4) is 0 Å². The Hall–Kier alpha value is -2.98. The van der Waals surface area contributed by atoms with Crippen molar-refractivity contribution in [1.82, 2.24) is 4.90 Å². The van der Waals surface area contributed by atoms with Crippen molar-refractivity contribution >= 4 is 22.5 Å². The van der Waals surface area contributed by atoms with E-state index in [1.807, 2.05) is 74.5 Å². The number of Topliss-reactive ketones (excluding diaryl/α,β-unsaturated/α-hetero) is 1. The van der Waals surface area contributed by atoms with Gasteiger partial charge in [-0.15, -0.1) is 0 Å². The fourth-order valence-corrected chi connectivity index (χ4v) is 4.97. The first kappa shape index (κ1) is 20.3. The average Bonchev–Trinajstić information content (AvgIpc) is 2.71. The fourth-order valence-electron chi connectivity index (χ4n) is 4.97. The van der Waals surface area contributed by atoms with Crippen LogP contribution in [0.2, 0.25) is 0 Å². The van der Waals surface area contributed by atoms with E-state index in [2.05, 4.69) is 0 Å². The smallest absolute Gasteiger partial charge is 0.254 e. The van der Waals surface area contributed by atoms with E-state index in [0.29, 0.717) is 24.9 Å². The molecule has 3 aromatic carbocycles. The number of nitrogens with two attached hydrogens (primary N) is 1. The molecule has 1 saturated heterocycles. The van der Waals surface area contributed by atoms with Gasteiger partial charge in [0, 0.05) is 18.2 Å². The normalized spacial score (nSPS) is 21.6. The van der Waals surface area contributed by atoms with Crippen LogP contribution in [0.5, 0.6) is 0 Å². The third-order valence-corrected chi connectivity index (χ3v) is 6.27. The molecule has 4 rings (SSSR count). The second kappa shape index (κ2) is 7.69. The first-order chi connectivity index (χ1) is 14.3. The molecule has 1 fully saturated rings. The Morgan fingerprint density at radius 2 is 1.67 bits per heavy atom. The fraction of sp³-hybridized carbons (Fsp3) is 0.308. The summed E-state index contributed by atoms with van der Waals surface area (Å²) in [4.78, 5) is 28.9. The van der Waals surface area contributed by atoms with Crippen LogP contribution >= 0.6 is 0 Å². The number of hydrogen-bond donors (Lipinski definition) is 1. The number of piperidine rings is 1. The molecule has 0 aromatic heterocycles. The van der Waals surface area contributed by atoms with Gasteiger partial charge in [-0.2, -0.15) is 0 Å². The molecular weight excluding hydrogens is 372 g/mol. The second-order valence-electron chi connectivity index (χ2n) is 8.53. The minimum Gasteiger partial charge on any atom is -0.328 e. The van der Waals surface area contributed by atoms with Crippen LogP contribution in [-0.4, -0.2) is 29.2 Å². The number of carbonyl (C=O) groups excluding carboxylic acids is 2. The first-order valence-electron chi connectivity index (χ1n) is 10.5. The van der Waals surface area contributed by atoms with Crippen molar-refractivity contribution in [3.05, 3.63) is 82.9 Å². The van der Waals surface area contributed by atoms with Crippen LogP contribution in [0.15, 0.2) is 60.7 Å². The minimum absolute atomic E-state index is 0.0493. The molecule has 1 aliphatic heterocycles. The van der Waals surface area contributed by atoms with Crippen molar-refractivity contribution in [2.45, 2.75) is 45.2 Å². The Morgan fingerprint density at radius 1 is 1.00 bits per heavy atom. The highest BCUT2D eigenvalue weighted by Gasteiger charge is 2.49. The number of rotatable bonds is 3. The molecule has 2 atom stereocenters. The van der Waals surface area contributed by atoms with E-state index < -0.39 is 5.54 Å². The quantitative estimate of drug-likeness (QED) is 0.704. The lowest BCUT2D eigenvalue weighted by Crippen LogP contribution is -2.60. The summed E-state index contributed by atoms with van der Waals surface area (Å²) in [6.07, 6.45) is 1.10. The predicted octanol–water partition coefficient (Wildman–Crippen LogP) is 4.50. The molecule has 0 bridgehead atoms. The molecule has 0 spiro atoms. The zero-order valence-corrected chi connectivity index (χ0v) is 17.8. The van der Waals surface area contributed by atoms with Gasteiger partial charge in [0.1, 0.15) is 5.54 Å². The highest BCUT2D eigenvalue weighted by molar-refractivity contribution is 6.02. The van der Waals surface area contributed by atoms with E-state index in [1.54, 1.807) is 11.8 Å². The van der Waals surface area contributed by atoms with Crippen molar-refractivity contribution in [2.24, 2.45) is 5.73 Å². The topological polar surface area (TPSA) is 63.4 Å². The molecule has 2 N–H and O–H groups in total. The van der Waals surface area contributed by atoms with Crippen LogP contribution in [0.1, 0.15) is 46.8 Å². The molecule has 30 heavy (non-hydrogen) atoms. The molecule has 154 valence electrons. The highest BCUT2D eigenvalue weighted by Crippen LogP contribution is 2.42. The number of fused-ring (bicyclic) bond motifs is 1. The Bertz CT molecular complexity index is 1110. The lowest BCUT2D eigenvalue weighted by atomic mass is 9.74. The molecule has 4 heteroatoms. The number of benzene rings is 3. The Balaban J connectivity index is 1.94. The zero-order valence-electron chi connectivity index (χ0n) is 17.8. The SMILES string of the molecule is CC(=O)C1(c2cccc3ccccc23)CC(N)CCN1C(=O)c1cc(C)cc(C)c1. The van der Waals surface area contributed by atoms with Gasteiger partial charge in [-0.1, -0.05) is 59.7 Å². The van der Waals surface area contributed by atoms with Gasteiger partial charge in [0.05, 0.1) is 0 Å². The van der Waals surface area contributed by atoms with Crippen LogP contribution in [0.4, 0.5) is 0 Å². The minimum atomic E-state index is -1.08. The molecule has 0 radical (unpaired) electrons. The van der Waals surface area contributed by atoms with Gasteiger partial charge in [0.2, 0.25) is 0 Å². The molecule has 2 unspecified atom stereocenters. The molecule has 1 aliphatic rings. The maximum absolute atomic E-state index is 13.8. The molecule has 4 nitrogen and oxygen atoms in total. The summed E-state index contributed by atoms with van der Waals surface area (Å²) >= 11 is 0. The number of nitrogens with zero attached hydrogens (tertiary/aromatic N) is 1. The van der Waals surface area contributed by atoms with E-state index >= 15 is 0 Å². The summed E-state index contributed by atoms with van der Waals surface area (Å²) in [7, 11) is 0. The van der Waals surface area contributed by atoms with E-state index in [-0.39, 0.29) is 17.7 Å². The van der Waals surface area contributed by atoms with E-state index in [4.69, 9.17) is 5.73 Å². The van der Waals surface area contributed by atoms with Gasteiger partial charge in [-0.25, -0.2) is 0 Å². The maximum atomic E-state index is 13.8. The molecule has 1 heterocycles. The largest absolute Gasteiger partial charge is 0.328 e. The van der Waals surface area contributed by atoms with Crippen molar-refractivity contribution in [3.8, 4) is 0 Å². The van der Waals surface area contributed by atoms with Crippen LogP contribution < -0.4 is 5.73 Å². The number of aryl methyl sites for hydroxylation is 2. The number of likely N-dealkylation sites (tertiary alicyclic amines) is 1. The van der Waals surface area contributed by atoms with Gasteiger partial charge in [-0.3, -0.25) is 9.59 Å². The predicted molar refractivity (Wildman–Crippen MR) is 120 cm³/mol. The van der Waals surface area contributed by atoms with Gasteiger partial charge in [-0.05, 0) is 62.1 Å². The van der Waals surface area contributed by atoms with Gasteiger partial charge >= 0.3 is 0 Å². The van der Waals surface area contributed by atoms with Crippen molar-refractivity contribution in [1.29, 1.82) is 0 Å². The second-order valence-corrected chi connectivity index (χ2v) is 8.53. The molecule has 0 aliphatic carbocycles. The summed E-state index contributed by atoms with van der Waals surface area (Å²) < 4.78 is 0. The lowest BCUT2D eigenvalue weighted by Gasteiger charge is -2.48. The van der Waals surface area contributed by atoms with Crippen molar-refractivity contribution < 1.29 is 9.59 Å². The molecule has 3 aromatic rings. The molecular formula is C26H28N2O2. The Labute approximate surface area is 177 Å². The summed E-state index contributed by atoms with van der Waals surface area (Å²) in [5, 5.41) is 2.04. The van der Waals surface area contributed by atoms with Crippen molar-refractivity contribution in [3.63, 3.8) is 0 Å². The molecule has 0 saturated carbocycles. The van der Waals surface area contributed by atoms with E-state index in [9.17, 15) is 9.59 Å². The number of hydrogen-bond acceptors (Lipinski definition) is 3. The third kappa shape index (κ3) is 3.31. The highest BCUT2D eigenvalue weighted by atomic mass is 16.2.